The van der Waals surface area contributed by atoms with E-state index in [-0.39, 0.29) is 5.91 Å². The Morgan fingerprint density at radius 2 is 2.11 bits per heavy atom. The van der Waals surface area contributed by atoms with Crippen LogP contribution in [0.1, 0.15) is 28.8 Å². The van der Waals surface area contributed by atoms with Gasteiger partial charge in [0.15, 0.2) is 5.76 Å². The van der Waals surface area contributed by atoms with Crippen LogP contribution in [0.25, 0.3) is 0 Å². The molecular formula is C14H16N2O2. The van der Waals surface area contributed by atoms with Crippen molar-refractivity contribution < 1.29 is 9.21 Å². The van der Waals surface area contributed by atoms with Crippen molar-refractivity contribution in [2.45, 2.75) is 20.3 Å². The minimum atomic E-state index is -0.248. The first-order valence-electron chi connectivity index (χ1n) is 5.86. The second kappa shape index (κ2) is 4.96. The molecule has 0 saturated heterocycles. The summed E-state index contributed by atoms with van der Waals surface area (Å²) in [5.41, 5.74) is 8.00. The van der Waals surface area contributed by atoms with Gasteiger partial charge in [-0.3, -0.25) is 4.79 Å². The summed E-state index contributed by atoms with van der Waals surface area (Å²) in [6, 6.07) is 8.84. The smallest absolute Gasteiger partial charge is 0.291 e. The van der Waals surface area contributed by atoms with Crippen LogP contribution in [0.2, 0.25) is 0 Å². The quantitative estimate of drug-likeness (QED) is 0.815. The Labute approximate surface area is 106 Å². The molecule has 1 aromatic heterocycles. The first-order chi connectivity index (χ1) is 8.60. The maximum absolute atomic E-state index is 11.9. The summed E-state index contributed by atoms with van der Waals surface area (Å²) < 4.78 is 5.39. The van der Waals surface area contributed by atoms with E-state index in [1.165, 1.54) is 0 Å². The highest BCUT2D eigenvalue weighted by Gasteiger charge is 2.11. The molecule has 1 heterocycles. The van der Waals surface area contributed by atoms with Crippen molar-refractivity contribution in [1.82, 2.24) is 0 Å². The summed E-state index contributed by atoms with van der Waals surface area (Å²) in [5.74, 6) is 0.875. The Bertz CT molecular complexity index is 573. The Morgan fingerprint density at radius 3 is 2.72 bits per heavy atom. The number of hydrogen-bond donors (Lipinski definition) is 2. The number of anilines is 2. The van der Waals surface area contributed by atoms with E-state index in [1.807, 2.05) is 26.0 Å². The highest BCUT2D eigenvalue weighted by Crippen LogP contribution is 2.19. The lowest BCUT2D eigenvalue weighted by Crippen LogP contribution is -2.11. The Hall–Kier alpha value is -2.23. The van der Waals surface area contributed by atoms with Crippen LogP contribution in [0.15, 0.2) is 34.7 Å². The summed E-state index contributed by atoms with van der Waals surface area (Å²) in [4.78, 5) is 11.9. The van der Waals surface area contributed by atoms with E-state index in [0.717, 1.165) is 23.4 Å². The lowest BCUT2D eigenvalue weighted by molar-refractivity contribution is 0.0995. The molecule has 0 radical (unpaired) electrons. The number of rotatable bonds is 3. The van der Waals surface area contributed by atoms with Gasteiger partial charge < -0.3 is 15.5 Å². The topological polar surface area (TPSA) is 68.3 Å². The van der Waals surface area contributed by atoms with Crippen LogP contribution < -0.4 is 11.1 Å². The monoisotopic (exact) mass is 244 g/mol. The fourth-order valence-corrected chi connectivity index (χ4v) is 1.70. The van der Waals surface area contributed by atoms with Crippen LogP contribution in [0.4, 0.5) is 11.4 Å². The van der Waals surface area contributed by atoms with Gasteiger partial charge >= 0.3 is 0 Å². The summed E-state index contributed by atoms with van der Waals surface area (Å²) in [5, 5.41) is 2.80. The van der Waals surface area contributed by atoms with Gasteiger partial charge in [0.1, 0.15) is 5.76 Å². The number of aryl methyl sites for hydroxylation is 2. The Balaban J connectivity index is 2.16. The number of hydrogen-bond acceptors (Lipinski definition) is 3. The zero-order valence-corrected chi connectivity index (χ0v) is 10.5. The van der Waals surface area contributed by atoms with E-state index in [0.29, 0.717) is 11.4 Å². The van der Waals surface area contributed by atoms with Gasteiger partial charge in [-0.1, -0.05) is 6.92 Å². The van der Waals surface area contributed by atoms with Gasteiger partial charge in [-0.25, -0.2) is 0 Å². The fourth-order valence-electron chi connectivity index (χ4n) is 1.70. The molecule has 1 aromatic carbocycles. The molecule has 0 aliphatic rings. The molecule has 4 heteroatoms. The zero-order chi connectivity index (χ0) is 13.1. The Kier molecular flexibility index (Phi) is 3.37. The number of amides is 1. The van der Waals surface area contributed by atoms with Gasteiger partial charge in [0.25, 0.3) is 5.91 Å². The van der Waals surface area contributed by atoms with E-state index in [4.69, 9.17) is 10.2 Å². The van der Waals surface area contributed by atoms with Gasteiger partial charge in [-0.15, -0.1) is 0 Å². The zero-order valence-electron chi connectivity index (χ0n) is 10.5. The molecule has 2 aromatic rings. The molecule has 0 unspecified atom stereocenters. The number of nitrogen functional groups attached to an aromatic ring is 1. The van der Waals surface area contributed by atoms with Crippen LogP contribution in [-0.2, 0) is 6.42 Å². The minimum Gasteiger partial charge on any atom is -0.456 e. The minimum absolute atomic E-state index is 0.248. The van der Waals surface area contributed by atoms with Gasteiger partial charge in [0.05, 0.1) is 0 Å². The molecule has 0 bridgehead atoms. The third kappa shape index (κ3) is 2.53. The summed E-state index contributed by atoms with van der Waals surface area (Å²) in [6.45, 7) is 3.87. The van der Waals surface area contributed by atoms with E-state index < -0.39 is 0 Å². The van der Waals surface area contributed by atoms with Crippen molar-refractivity contribution >= 4 is 17.3 Å². The molecule has 94 valence electrons. The Morgan fingerprint density at radius 1 is 1.33 bits per heavy atom. The molecule has 2 rings (SSSR count). The molecule has 18 heavy (non-hydrogen) atoms. The second-order valence-electron chi connectivity index (χ2n) is 4.15. The lowest BCUT2D eigenvalue weighted by Gasteiger charge is -2.07. The highest BCUT2D eigenvalue weighted by atomic mass is 16.3. The van der Waals surface area contributed by atoms with Crippen LogP contribution >= 0.6 is 0 Å². The standard InChI is InChI=1S/C14H16N2O2/c1-3-11-5-7-13(18-11)14(17)16-12-6-4-10(15)8-9(12)2/h4-8H,3,15H2,1-2H3,(H,16,17). The number of benzene rings is 1. The van der Waals surface area contributed by atoms with Gasteiger partial charge in [0.2, 0.25) is 0 Å². The van der Waals surface area contributed by atoms with Crippen molar-refractivity contribution in [3.63, 3.8) is 0 Å². The van der Waals surface area contributed by atoms with Gasteiger partial charge in [0, 0.05) is 17.8 Å². The molecule has 0 aliphatic heterocycles. The molecule has 0 aliphatic carbocycles. The van der Waals surface area contributed by atoms with Crippen molar-refractivity contribution in [3.8, 4) is 0 Å². The number of nitrogens with two attached hydrogens (primary N) is 1. The third-order valence-electron chi connectivity index (χ3n) is 2.73. The molecule has 0 atom stereocenters. The summed E-state index contributed by atoms with van der Waals surface area (Å²) in [7, 11) is 0. The van der Waals surface area contributed by atoms with Crippen molar-refractivity contribution in [2.75, 3.05) is 11.1 Å². The molecule has 0 saturated carbocycles. The van der Waals surface area contributed by atoms with Gasteiger partial charge in [-0.2, -0.15) is 0 Å². The molecular weight excluding hydrogens is 228 g/mol. The largest absolute Gasteiger partial charge is 0.456 e. The first kappa shape index (κ1) is 12.2. The molecule has 1 amide bonds. The van der Waals surface area contributed by atoms with Gasteiger partial charge in [-0.05, 0) is 42.8 Å². The van der Waals surface area contributed by atoms with E-state index >= 15 is 0 Å². The number of furan rings is 1. The highest BCUT2D eigenvalue weighted by molar-refractivity contribution is 6.02. The van der Waals surface area contributed by atoms with Crippen molar-refractivity contribution in [1.29, 1.82) is 0 Å². The predicted octanol–water partition coefficient (Wildman–Crippen LogP) is 2.98. The average Bonchev–Trinajstić information content (AvgIpc) is 2.81. The number of carbonyl (C=O) groups excluding carboxylic acids is 1. The predicted molar refractivity (Wildman–Crippen MR) is 71.6 cm³/mol. The van der Waals surface area contributed by atoms with E-state index in [9.17, 15) is 4.79 Å². The first-order valence-corrected chi connectivity index (χ1v) is 5.86. The van der Waals surface area contributed by atoms with Crippen LogP contribution in [0.3, 0.4) is 0 Å². The van der Waals surface area contributed by atoms with E-state index in [1.54, 1.807) is 18.2 Å². The van der Waals surface area contributed by atoms with Crippen LogP contribution in [0, 0.1) is 6.92 Å². The molecule has 0 fully saturated rings. The van der Waals surface area contributed by atoms with E-state index in [2.05, 4.69) is 5.32 Å². The SMILES string of the molecule is CCc1ccc(C(=O)Nc2ccc(N)cc2C)o1. The maximum atomic E-state index is 11.9. The van der Waals surface area contributed by atoms with Crippen LogP contribution in [-0.4, -0.2) is 5.91 Å². The fraction of sp³-hybridized carbons (Fsp3) is 0.214. The lowest BCUT2D eigenvalue weighted by atomic mass is 10.2. The number of nitrogens with one attached hydrogen (secondary N) is 1. The normalized spacial score (nSPS) is 10.3. The molecule has 3 N–H and O–H groups in total. The third-order valence-corrected chi connectivity index (χ3v) is 2.73. The second-order valence-corrected chi connectivity index (χ2v) is 4.15. The summed E-state index contributed by atoms with van der Waals surface area (Å²) in [6.07, 6.45) is 0.772. The maximum Gasteiger partial charge on any atom is 0.291 e. The number of carbonyl (C=O) groups is 1. The van der Waals surface area contributed by atoms with Crippen molar-refractivity contribution in [2.24, 2.45) is 0 Å². The van der Waals surface area contributed by atoms with Crippen molar-refractivity contribution in [3.05, 3.63) is 47.4 Å². The average molecular weight is 244 g/mol. The molecule has 0 spiro atoms. The summed E-state index contributed by atoms with van der Waals surface area (Å²) >= 11 is 0. The molecule has 4 nitrogen and oxygen atoms in total. The van der Waals surface area contributed by atoms with Crippen LogP contribution in [0.5, 0.6) is 0 Å².